The molecule has 1 rings (SSSR count). The highest BCUT2D eigenvalue weighted by atomic mass is 79.9. The van der Waals surface area contributed by atoms with Gasteiger partial charge in [0.2, 0.25) is 0 Å². The SMILES string of the molecule is CC(C)NCCCc1c(Br)cnn1C. The van der Waals surface area contributed by atoms with E-state index in [2.05, 4.69) is 40.2 Å². The normalized spacial score (nSPS) is 11.2. The first-order valence-corrected chi connectivity index (χ1v) is 5.80. The van der Waals surface area contributed by atoms with Crippen LogP contribution < -0.4 is 5.32 Å². The lowest BCUT2D eigenvalue weighted by atomic mass is 10.2. The summed E-state index contributed by atoms with van der Waals surface area (Å²) < 4.78 is 3.05. The van der Waals surface area contributed by atoms with Crippen molar-refractivity contribution in [1.29, 1.82) is 0 Å². The molecule has 0 aliphatic heterocycles. The maximum absolute atomic E-state index is 4.18. The van der Waals surface area contributed by atoms with Gasteiger partial charge in [0.25, 0.3) is 0 Å². The van der Waals surface area contributed by atoms with Crippen molar-refractivity contribution in [3.05, 3.63) is 16.4 Å². The topological polar surface area (TPSA) is 29.9 Å². The molecule has 0 amide bonds. The van der Waals surface area contributed by atoms with Crippen LogP contribution in [0.15, 0.2) is 10.7 Å². The number of rotatable bonds is 5. The molecule has 4 heteroatoms. The predicted molar refractivity (Wildman–Crippen MR) is 62.4 cm³/mol. The van der Waals surface area contributed by atoms with Crippen LogP contribution in [0.25, 0.3) is 0 Å². The van der Waals surface area contributed by atoms with Crippen molar-refractivity contribution in [3.63, 3.8) is 0 Å². The fourth-order valence-electron chi connectivity index (χ4n) is 1.36. The Kier molecular flexibility index (Phi) is 4.62. The Morgan fingerprint density at radius 3 is 2.79 bits per heavy atom. The molecular weight excluding hydrogens is 242 g/mol. The Balaban J connectivity index is 2.31. The Labute approximate surface area is 94.0 Å². The largest absolute Gasteiger partial charge is 0.315 e. The zero-order chi connectivity index (χ0) is 10.6. The van der Waals surface area contributed by atoms with Crippen LogP contribution in [0.5, 0.6) is 0 Å². The molecule has 0 spiro atoms. The molecule has 0 fully saturated rings. The maximum Gasteiger partial charge on any atom is 0.0635 e. The molecule has 0 aliphatic rings. The fraction of sp³-hybridized carbons (Fsp3) is 0.700. The van der Waals surface area contributed by atoms with E-state index in [1.165, 1.54) is 5.69 Å². The van der Waals surface area contributed by atoms with Crippen molar-refractivity contribution >= 4 is 15.9 Å². The molecule has 1 aromatic heterocycles. The van der Waals surface area contributed by atoms with Gasteiger partial charge < -0.3 is 5.32 Å². The molecule has 0 saturated heterocycles. The molecule has 0 unspecified atom stereocenters. The molecule has 0 saturated carbocycles. The fourth-order valence-corrected chi connectivity index (χ4v) is 1.91. The minimum absolute atomic E-state index is 0.574. The van der Waals surface area contributed by atoms with E-state index in [0.29, 0.717) is 6.04 Å². The van der Waals surface area contributed by atoms with Gasteiger partial charge in [-0.05, 0) is 35.3 Å². The van der Waals surface area contributed by atoms with E-state index in [9.17, 15) is 0 Å². The highest BCUT2D eigenvalue weighted by Crippen LogP contribution is 2.16. The number of nitrogens with one attached hydrogen (secondary N) is 1. The standard InChI is InChI=1S/C10H18BrN3/c1-8(2)12-6-4-5-10-9(11)7-13-14(10)3/h7-8,12H,4-6H2,1-3H3. The maximum atomic E-state index is 4.18. The summed E-state index contributed by atoms with van der Waals surface area (Å²) in [6, 6.07) is 0.574. The Hall–Kier alpha value is -0.350. The highest BCUT2D eigenvalue weighted by Gasteiger charge is 2.04. The number of halogens is 1. The molecule has 0 radical (unpaired) electrons. The summed E-state index contributed by atoms with van der Waals surface area (Å²) in [5.41, 5.74) is 1.27. The van der Waals surface area contributed by atoms with Gasteiger partial charge in [-0.1, -0.05) is 13.8 Å². The Bertz CT molecular complexity index is 261. The van der Waals surface area contributed by atoms with Crippen molar-refractivity contribution in [2.24, 2.45) is 7.05 Å². The lowest BCUT2D eigenvalue weighted by molar-refractivity contribution is 0.561. The van der Waals surface area contributed by atoms with Gasteiger partial charge in [-0.2, -0.15) is 5.10 Å². The van der Waals surface area contributed by atoms with Gasteiger partial charge in [0, 0.05) is 13.1 Å². The van der Waals surface area contributed by atoms with Crippen LogP contribution in [-0.4, -0.2) is 22.4 Å². The van der Waals surface area contributed by atoms with E-state index in [-0.39, 0.29) is 0 Å². The molecule has 0 aromatic carbocycles. The highest BCUT2D eigenvalue weighted by molar-refractivity contribution is 9.10. The Morgan fingerprint density at radius 1 is 1.57 bits per heavy atom. The monoisotopic (exact) mass is 259 g/mol. The van der Waals surface area contributed by atoms with Gasteiger partial charge in [-0.3, -0.25) is 4.68 Å². The van der Waals surface area contributed by atoms with Crippen molar-refractivity contribution in [2.45, 2.75) is 32.7 Å². The van der Waals surface area contributed by atoms with E-state index < -0.39 is 0 Å². The third kappa shape index (κ3) is 3.42. The summed E-state index contributed by atoms with van der Waals surface area (Å²) in [7, 11) is 1.98. The second-order valence-corrected chi connectivity index (χ2v) is 4.63. The van der Waals surface area contributed by atoms with E-state index in [1.807, 2.05) is 17.9 Å². The molecule has 0 atom stereocenters. The molecule has 1 heterocycles. The van der Waals surface area contributed by atoms with E-state index in [4.69, 9.17) is 0 Å². The minimum atomic E-state index is 0.574. The molecule has 80 valence electrons. The van der Waals surface area contributed by atoms with Crippen LogP contribution in [0.1, 0.15) is 26.0 Å². The Morgan fingerprint density at radius 2 is 2.29 bits per heavy atom. The average molecular weight is 260 g/mol. The van der Waals surface area contributed by atoms with Crippen molar-refractivity contribution in [3.8, 4) is 0 Å². The molecule has 0 bridgehead atoms. The number of hydrogen-bond acceptors (Lipinski definition) is 2. The molecule has 14 heavy (non-hydrogen) atoms. The van der Waals surface area contributed by atoms with E-state index >= 15 is 0 Å². The number of aromatic nitrogens is 2. The van der Waals surface area contributed by atoms with Crippen molar-refractivity contribution < 1.29 is 0 Å². The van der Waals surface area contributed by atoms with Crippen LogP contribution in [0.3, 0.4) is 0 Å². The first kappa shape index (κ1) is 11.7. The summed E-state index contributed by atoms with van der Waals surface area (Å²) in [6.45, 7) is 5.40. The van der Waals surface area contributed by atoms with Gasteiger partial charge in [0.05, 0.1) is 16.4 Å². The van der Waals surface area contributed by atoms with Gasteiger partial charge in [0.1, 0.15) is 0 Å². The van der Waals surface area contributed by atoms with Crippen LogP contribution in [-0.2, 0) is 13.5 Å². The quantitative estimate of drug-likeness (QED) is 0.822. The summed E-state index contributed by atoms with van der Waals surface area (Å²) in [4.78, 5) is 0. The van der Waals surface area contributed by atoms with Crippen LogP contribution in [0, 0.1) is 0 Å². The van der Waals surface area contributed by atoms with Gasteiger partial charge in [-0.15, -0.1) is 0 Å². The number of aryl methyl sites for hydroxylation is 1. The summed E-state index contributed by atoms with van der Waals surface area (Å²) in [6.07, 6.45) is 4.07. The van der Waals surface area contributed by atoms with Gasteiger partial charge in [-0.25, -0.2) is 0 Å². The molecule has 0 aliphatic carbocycles. The smallest absolute Gasteiger partial charge is 0.0635 e. The predicted octanol–water partition coefficient (Wildman–Crippen LogP) is 2.11. The third-order valence-electron chi connectivity index (χ3n) is 2.15. The second-order valence-electron chi connectivity index (χ2n) is 3.78. The minimum Gasteiger partial charge on any atom is -0.315 e. The van der Waals surface area contributed by atoms with Crippen LogP contribution >= 0.6 is 15.9 Å². The lowest BCUT2D eigenvalue weighted by Gasteiger charge is -2.07. The summed E-state index contributed by atoms with van der Waals surface area (Å²) >= 11 is 3.49. The lowest BCUT2D eigenvalue weighted by Crippen LogP contribution is -2.24. The molecular formula is C10H18BrN3. The van der Waals surface area contributed by atoms with E-state index in [0.717, 1.165) is 23.9 Å². The third-order valence-corrected chi connectivity index (χ3v) is 2.82. The van der Waals surface area contributed by atoms with E-state index in [1.54, 1.807) is 0 Å². The van der Waals surface area contributed by atoms with Crippen molar-refractivity contribution in [2.75, 3.05) is 6.54 Å². The second kappa shape index (κ2) is 5.51. The molecule has 3 nitrogen and oxygen atoms in total. The number of nitrogens with zero attached hydrogens (tertiary/aromatic N) is 2. The van der Waals surface area contributed by atoms with Crippen molar-refractivity contribution in [1.82, 2.24) is 15.1 Å². The first-order valence-electron chi connectivity index (χ1n) is 5.01. The van der Waals surface area contributed by atoms with Crippen LogP contribution in [0.4, 0.5) is 0 Å². The molecule has 1 aromatic rings. The summed E-state index contributed by atoms with van der Waals surface area (Å²) in [5, 5.41) is 7.58. The number of hydrogen-bond donors (Lipinski definition) is 1. The first-order chi connectivity index (χ1) is 6.61. The average Bonchev–Trinajstić information content (AvgIpc) is 2.42. The molecule has 1 N–H and O–H groups in total. The van der Waals surface area contributed by atoms with Gasteiger partial charge in [0.15, 0.2) is 0 Å². The summed E-state index contributed by atoms with van der Waals surface area (Å²) in [5.74, 6) is 0. The zero-order valence-corrected chi connectivity index (χ0v) is 10.6. The van der Waals surface area contributed by atoms with Crippen LogP contribution in [0.2, 0.25) is 0 Å². The zero-order valence-electron chi connectivity index (χ0n) is 9.05. The van der Waals surface area contributed by atoms with Gasteiger partial charge >= 0.3 is 0 Å².